The van der Waals surface area contributed by atoms with E-state index in [9.17, 15) is 4.79 Å². The van der Waals surface area contributed by atoms with Crippen molar-refractivity contribution < 1.29 is 4.79 Å². The summed E-state index contributed by atoms with van der Waals surface area (Å²) in [4.78, 5) is 11.4. The SMILES string of the molecule is C=C(CCc1cccc(C[C@@H](C)C(C)=O)c1)CC(C)(C)C. The van der Waals surface area contributed by atoms with Gasteiger partial charge in [-0.05, 0) is 49.1 Å². The van der Waals surface area contributed by atoms with Gasteiger partial charge in [-0.25, -0.2) is 0 Å². The fraction of sp³-hybridized carbons (Fsp3) is 0.550. The number of Topliss-reactive ketones (excluding diaryl/α,β-unsaturated/α-hetero) is 1. The molecule has 0 amide bonds. The quantitative estimate of drug-likeness (QED) is 0.615. The molecule has 0 aliphatic carbocycles. The molecule has 0 aliphatic rings. The van der Waals surface area contributed by atoms with E-state index in [1.165, 1.54) is 16.7 Å². The molecular formula is C20H30O. The van der Waals surface area contributed by atoms with E-state index < -0.39 is 0 Å². The van der Waals surface area contributed by atoms with Gasteiger partial charge in [-0.3, -0.25) is 4.79 Å². The number of hydrogen-bond donors (Lipinski definition) is 0. The van der Waals surface area contributed by atoms with E-state index in [0.717, 1.165) is 25.7 Å². The minimum atomic E-state index is 0.108. The van der Waals surface area contributed by atoms with Crippen LogP contribution in [0.2, 0.25) is 0 Å². The van der Waals surface area contributed by atoms with Crippen LogP contribution in [0.5, 0.6) is 0 Å². The summed E-state index contributed by atoms with van der Waals surface area (Å²) in [6.07, 6.45) is 4.00. The summed E-state index contributed by atoms with van der Waals surface area (Å²) in [7, 11) is 0. The first-order valence-corrected chi connectivity index (χ1v) is 7.92. The summed E-state index contributed by atoms with van der Waals surface area (Å²) < 4.78 is 0. The molecule has 0 N–H and O–H groups in total. The Kier molecular flexibility index (Phi) is 6.39. The lowest BCUT2D eigenvalue weighted by atomic mass is 9.86. The lowest BCUT2D eigenvalue weighted by Crippen LogP contribution is -2.09. The van der Waals surface area contributed by atoms with Gasteiger partial charge in [-0.2, -0.15) is 0 Å². The van der Waals surface area contributed by atoms with Gasteiger partial charge in [-0.1, -0.05) is 64.1 Å². The molecule has 0 bridgehead atoms. The van der Waals surface area contributed by atoms with Gasteiger partial charge in [0.05, 0.1) is 0 Å². The standard InChI is InChI=1S/C20H30O/c1-15(14-20(4,5)6)10-11-18-8-7-9-19(13-18)12-16(2)17(3)21/h7-9,13,16H,1,10-12,14H2,2-6H3/t16-/m1/s1. The Morgan fingerprint density at radius 1 is 1.24 bits per heavy atom. The van der Waals surface area contributed by atoms with Gasteiger partial charge in [0.15, 0.2) is 0 Å². The second-order valence-corrected chi connectivity index (χ2v) is 7.52. The third-order valence-corrected chi connectivity index (χ3v) is 3.77. The number of allylic oxidation sites excluding steroid dienone is 1. The Hall–Kier alpha value is -1.37. The lowest BCUT2D eigenvalue weighted by molar-refractivity contribution is -0.120. The van der Waals surface area contributed by atoms with Crippen molar-refractivity contribution in [2.24, 2.45) is 11.3 Å². The van der Waals surface area contributed by atoms with E-state index in [-0.39, 0.29) is 11.7 Å². The van der Waals surface area contributed by atoms with Crippen molar-refractivity contribution in [1.29, 1.82) is 0 Å². The normalized spacial score (nSPS) is 13.0. The number of rotatable bonds is 7. The average Bonchev–Trinajstić information content (AvgIpc) is 2.34. The molecule has 1 heteroatoms. The molecule has 0 aromatic heterocycles. The zero-order valence-corrected chi connectivity index (χ0v) is 14.3. The van der Waals surface area contributed by atoms with Crippen LogP contribution in [0.3, 0.4) is 0 Å². The van der Waals surface area contributed by atoms with Crippen LogP contribution in [0, 0.1) is 11.3 Å². The molecule has 0 spiro atoms. The highest BCUT2D eigenvalue weighted by molar-refractivity contribution is 5.78. The van der Waals surface area contributed by atoms with Crippen LogP contribution in [0.25, 0.3) is 0 Å². The molecule has 0 aliphatic heterocycles. The van der Waals surface area contributed by atoms with Crippen molar-refractivity contribution in [2.45, 2.75) is 60.3 Å². The minimum absolute atomic E-state index is 0.108. The Labute approximate surface area is 130 Å². The maximum atomic E-state index is 11.4. The van der Waals surface area contributed by atoms with Gasteiger partial charge >= 0.3 is 0 Å². The number of carbonyl (C=O) groups is 1. The molecule has 1 rings (SSSR count). The molecular weight excluding hydrogens is 256 g/mol. The molecule has 0 heterocycles. The van der Waals surface area contributed by atoms with Crippen LogP contribution >= 0.6 is 0 Å². The fourth-order valence-electron chi connectivity index (χ4n) is 2.57. The molecule has 1 atom stereocenters. The summed E-state index contributed by atoms with van der Waals surface area (Å²) >= 11 is 0. The van der Waals surface area contributed by atoms with E-state index in [1.807, 2.05) is 6.92 Å². The number of aryl methyl sites for hydroxylation is 1. The van der Waals surface area contributed by atoms with Gasteiger partial charge in [0.1, 0.15) is 5.78 Å². The van der Waals surface area contributed by atoms with Crippen molar-refractivity contribution in [3.8, 4) is 0 Å². The van der Waals surface area contributed by atoms with Crippen molar-refractivity contribution in [2.75, 3.05) is 0 Å². The van der Waals surface area contributed by atoms with Crippen LogP contribution in [0.1, 0.15) is 58.6 Å². The zero-order valence-electron chi connectivity index (χ0n) is 14.3. The fourth-order valence-corrected chi connectivity index (χ4v) is 2.57. The van der Waals surface area contributed by atoms with Crippen LogP contribution in [0.15, 0.2) is 36.4 Å². The molecule has 1 aromatic rings. The maximum Gasteiger partial charge on any atom is 0.132 e. The molecule has 0 radical (unpaired) electrons. The van der Waals surface area contributed by atoms with Gasteiger partial charge in [0, 0.05) is 5.92 Å². The summed E-state index contributed by atoms with van der Waals surface area (Å²) in [6.45, 7) is 14.6. The molecule has 0 fully saturated rings. The van der Waals surface area contributed by atoms with E-state index in [0.29, 0.717) is 5.41 Å². The maximum absolute atomic E-state index is 11.4. The third-order valence-electron chi connectivity index (χ3n) is 3.77. The molecule has 0 saturated heterocycles. The third kappa shape index (κ3) is 7.27. The minimum Gasteiger partial charge on any atom is -0.300 e. The molecule has 116 valence electrons. The number of benzene rings is 1. The largest absolute Gasteiger partial charge is 0.300 e. The highest BCUT2D eigenvalue weighted by atomic mass is 16.1. The predicted octanol–water partition coefficient (Wildman–Crippen LogP) is 5.38. The summed E-state index contributed by atoms with van der Waals surface area (Å²) in [5, 5.41) is 0. The smallest absolute Gasteiger partial charge is 0.132 e. The van der Waals surface area contributed by atoms with Gasteiger partial charge in [0.2, 0.25) is 0 Å². The Balaban J connectivity index is 2.57. The van der Waals surface area contributed by atoms with Crippen LogP contribution < -0.4 is 0 Å². The van der Waals surface area contributed by atoms with Gasteiger partial charge < -0.3 is 0 Å². The molecule has 0 unspecified atom stereocenters. The number of hydrogen-bond acceptors (Lipinski definition) is 1. The zero-order chi connectivity index (χ0) is 16.0. The van der Waals surface area contributed by atoms with Gasteiger partial charge in [-0.15, -0.1) is 0 Å². The number of ketones is 1. The van der Waals surface area contributed by atoms with Crippen LogP contribution in [-0.4, -0.2) is 5.78 Å². The molecule has 21 heavy (non-hydrogen) atoms. The van der Waals surface area contributed by atoms with Gasteiger partial charge in [0.25, 0.3) is 0 Å². The van der Waals surface area contributed by atoms with Crippen molar-refractivity contribution in [3.05, 3.63) is 47.5 Å². The highest BCUT2D eigenvalue weighted by Gasteiger charge is 2.12. The highest BCUT2D eigenvalue weighted by Crippen LogP contribution is 2.25. The first-order chi connectivity index (χ1) is 9.67. The van der Waals surface area contributed by atoms with Crippen LogP contribution in [0.4, 0.5) is 0 Å². The topological polar surface area (TPSA) is 17.1 Å². The first-order valence-electron chi connectivity index (χ1n) is 7.92. The van der Waals surface area contributed by atoms with E-state index >= 15 is 0 Å². The van der Waals surface area contributed by atoms with E-state index in [4.69, 9.17) is 0 Å². The second kappa shape index (κ2) is 7.59. The molecule has 1 nitrogen and oxygen atoms in total. The van der Waals surface area contributed by atoms with Crippen molar-refractivity contribution >= 4 is 5.78 Å². The second-order valence-electron chi connectivity index (χ2n) is 7.52. The Morgan fingerprint density at radius 3 is 2.43 bits per heavy atom. The van der Waals surface area contributed by atoms with Crippen LogP contribution in [-0.2, 0) is 17.6 Å². The van der Waals surface area contributed by atoms with E-state index in [2.05, 4.69) is 51.6 Å². The molecule has 1 aromatic carbocycles. The number of carbonyl (C=O) groups excluding carboxylic acids is 1. The van der Waals surface area contributed by atoms with E-state index in [1.54, 1.807) is 6.92 Å². The summed E-state index contributed by atoms with van der Waals surface area (Å²) in [5.74, 6) is 0.370. The monoisotopic (exact) mass is 286 g/mol. The Bertz CT molecular complexity index is 491. The first kappa shape index (κ1) is 17.7. The van der Waals surface area contributed by atoms with Crippen molar-refractivity contribution in [1.82, 2.24) is 0 Å². The summed E-state index contributed by atoms with van der Waals surface area (Å²) in [6, 6.07) is 8.63. The average molecular weight is 286 g/mol. The predicted molar refractivity (Wildman–Crippen MR) is 91.5 cm³/mol. The summed E-state index contributed by atoms with van der Waals surface area (Å²) in [5.41, 5.74) is 4.25. The molecule has 0 saturated carbocycles. The lowest BCUT2D eigenvalue weighted by Gasteiger charge is -2.19. The van der Waals surface area contributed by atoms with Crippen molar-refractivity contribution in [3.63, 3.8) is 0 Å². The Morgan fingerprint density at radius 2 is 1.86 bits per heavy atom.